The normalized spacial score (nSPS) is 8.77. The largest absolute Gasteiger partial charge is 0.384 e. The van der Waals surface area contributed by atoms with E-state index in [9.17, 15) is 0 Å². The summed E-state index contributed by atoms with van der Waals surface area (Å²) in [4.78, 5) is 3.88. The fourth-order valence-corrected chi connectivity index (χ4v) is 1.08. The summed E-state index contributed by atoms with van der Waals surface area (Å²) in [7, 11) is 0. The van der Waals surface area contributed by atoms with Crippen LogP contribution in [0.1, 0.15) is 13.3 Å². The molecule has 0 amide bonds. The maximum absolute atomic E-state index is 5.71. The van der Waals surface area contributed by atoms with Crippen molar-refractivity contribution in [3.05, 3.63) is 23.5 Å². The van der Waals surface area contributed by atoms with Gasteiger partial charge in [-0.25, -0.2) is 4.98 Å². The number of hydrogen-bond donors (Lipinski definition) is 1. The summed E-state index contributed by atoms with van der Waals surface area (Å²) < 4.78 is 0. The highest BCUT2D eigenvalue weighted by Gasteiger charge is 1.91. The van der Waals surface area contributed by atoms with Crippen molar-refractivity contribution in [3.8, 4) is 11.8 Å². The van der Waals surface area contributed by atoms with Crippen LogP contribution in [-0.2, 0) is 0 Å². The highest BCUT2D eigenvalue weighted by Crippen LogP contribution is 2.11. The molecule has 1 N–H and O–H groups in total. The summed E-state index contributed by atoms with van der Waals surface area (Å²) in [5, 5.41) is 3.70. The number of nitrogens with zero attached hydrogens (tertiary/aromatic N) is 1. The lowest BCUT2D eigenvalue weighted by atomic mass is 10.3. The van der Waals surface area contributed by atoms with Crippen LogP contribution in [0.25, 0.3) is 0 Å². The van der Waals surface area contributed by atoms with Crippen LogP contribution in [0, 0.1) is 11.8 Å². The smallest absolute Gasteiger partial charge is 0.131 e. The van der Waals surface area contributed by atoms with E-state index in [0.29, 0.717) is 5.15 Å². The van der Waals surface area contributed by atoms with Gasteiger partial charge in [0.15, 0.2) is 0 Å². The molecule has 0 aliphatic heterocycles. The molecule has 0 unspecified atom stereocenters. The summed E-state index contributed by atoms with van der Waals surface area (Å²) >= 11 is 5.71. The van der Waals surface area contributed by atoms with Crippen LogP contribution in [-0.4, -0.2) is 11.5 Å². The molecule has 0 aliphatic carbocycles. The van der Waals surface area contributed by atoms with Gasteiger partial charge in [-0.3, -0.25) is 0 Å². The van der Waals surface area contributed by atoms with Crippen molar-refractivity contribution >= 4 is 17.3 Å². The number of pyridine rings is 1. The predicted molar refractivity (Wildman–Crippen MR) is 55.8 cm³/mol. The molecule has 1 rings (SSSR count). The van der Waals surface area contributed by atoms with Crippen molar-refractivity contribution in [2.45, 2.75) is 13.3 Å². The van der Waals surface area contributed by atoms with Gasteiger partial charge in [-0.05, 0) is 19.1 Å². The molecule has 13 heavy (non-hydrogen) atoms. The van der Waals surface area contributed by atoms with E-state index >= 15 is 0 Å². The molecule has 0 aromatic carbocycles. The zero-order valence-electron chi connectivity index (χ0n) is 7.47. The zero-order chi connectivity index (χ0) is 9.52. The van der Waals surface area contributed by atoms with E-state index in [1.807, 2.05) is 13.0 Å². The molecule has 0 aliphatic rings. The van der Waals surface area contributed by atoms with Gasteiger partial charge in [-0.1, -0.05) is 11.6 Å². The molecular weight excluding hydrogens is 184 g/mol. The summed E-state index contributed by atoms with van der Waals surface area (Å²) in [5.41, 5.74) is 0.984. The second-order valence-corrected chi connectivity index (χ2v) is 2.86. The number of nitrogens with one attached hydrogen (secondary N) is 1. The SMILES string of the molecule is CC#CCCNc1ccnc(Cl)c1. The Morgan fingerprint density at radius 3 is 3.15 bits per heavy atom. The minimum Gasteiger partial charge on any atom is -0.384 e. The second-order valence-electron chi connectivity index (χ2n) is 2.47. The maximum atomic E-state index is 5.71. The van der Waals surface area contributed by atoms with Crippen molar-refractivity contribution in [3.63, 3.8) is 0 Å². The summed E-state index contributed by atoms with van der Waals surface area (Å²) in [5.74, 6) is 5.81. The van der Waals surface area contributed by atoms with E-state index < -0.39 is 0 Å². The third-order valence-corrected chi connectivity index (χ3v) is 1.69. The standard InChI is InChI=1S/C10H11ClN2/c1-2-3-4-6-12-9-5-7-13-10(11)8-9/h5,7-8H,4,6H2,1H3,(H,12,13). The molecule has 68 valence electrons. The lowest BCUT2D eigenvalue weighted by Crippen LogP contribution is -2.00. The average Bonchev–Trinajstić information content (AvgIpc) is 2.13. The van der Waals surface area contributed by atoms with Gasteiger partial charge in [-0.2, -0.15) is 0 Å². The van der Waals surface area contributed by atoms with Gasteiger partial charge >= 0.3 is 0 Å². The van der Waals surface area contributed by atoms with E-state index in [4.69, 9.17) is 11.6 Å². The van der Waals surface area contributed by atoms with E-state index in [2.05, 4.69) is 22.1 Å². The number of anilines is 1. The number of rotatable bonds is 3. The van der Waals surface area contributed by atoms with E-state index in [1.54, 1.807) is 12.3 Å². The van der Waals surface area contributed by atoms with E-state index in [-0.39, 0.29) is 0 Å². The first kappa shape index (κ1) is 9.88. The van der Waals surface area contributed by atoms with E-state index in [1.165, 1.54) is 0 Å². The fourth-order valence-electron chi connectivity index (χ4n) is 0.907. The van der Waals surface area contributed by atoms with Crippen molar-refractivity contribution in [2.24, 2.45) is 0 Å². The van der Waals surface area contributed by atoms with Gasteiger partial charge in [-0.15, -0.1) is 11.8 Å². The van der Waals surface area contributed by atoms with Crippen LogP contribution in [0.15, 0.2) is 18.3 Å². The number of aromatic nitrogens is 1. The van der Waals surface area contributed by atoms with Crippen molar-refractivity contribution in [2.75, 3.05) is 11.9 Å². The van der Waals surface area contributed by atoms with Gasteiger partial charge < -0.3 is 5.32 Å². The third kappa shape index (κ3) is 3.82. The lowest BCUT2D eigenvalue weighted by molar-refractivity contribution is 1.09. The third-order valence-electron chi connectivity index (χ3n) is 1.48. The molecular formula is C10H11ClN2. The first-order valence-corrected chi connectivity index (χ1v) is 4.46. The molecule has 0 saturated carbocycles. The Labute approximate surface area is 83.3 Å². The Balaban J connectivity index is 2.39. The molecule has 1 heterocycles. The van der Waals surface area contributed by atoms with Crippen LogP contribution in [0.2, 0.25) is 5.15 Å². The minimum atomic E-state index is 0.506. The fraction of sp³-hybridized carbons (Fsp3) is 0.300. The first-order chi connectivity index (χ1) is 6.33. The molecule has 3 heteroatoms. The number of hydrogen-bond acceptors (Lipinski definition) is 2. The maximum Gasteiger partial charge on any atom is 0.131 e. The molecule has 0 radical (unpaired) electrons. The Morgan fingerprint density at radius 2 is 2.46 bits per heavy atom. The Kier molecular flexibility index (Phi) is 4.14. The highest BCUT2D eigenvalue weighted by atomic mass is 35.5. The van der Waals surface area contributed by atoms with Gasteiger partial charge in [0.05, 0.1) is 0 Å². The molecule has 1 aromatic heterocycles. The summed E-state index contributed by atoms with van der Waals surface area (Å²) in [6, 6.07) is 3.67. The van der Waals surface area contributed by atoms with Crippen LogP contribution >= 0.6 is 11.6 Å². The summed E-state index contributed by atoms with van der Waals surface area (Å²) in [6.45, 7) is 2.67. The van der Waals surface area contributed by atoms with Crippen LogP contribution < -0.4 is 5.32 Å². The zero-order valence-corrected chi connectivity index (χ0v) is 8.23. The molecule has 1 aromatic rings. The van der Waals surface area contributed by atoms with Crippen molar-refractivity contribution in [1.82, 2.24) is 4.98 Å². The Hall–Kier alpha value is -1.20. The van der Waals surface area contributed by atoms with Crippen LogP contribution in [0.3, 0.4) is 0 Å². The Morgan fingerprint density at radius 1 is 1.62 bits per heavy atom. The van der Waals surface area contributed by atoms with E-state index in [0.717, 1.165) is 18.7 Å². The topological polar surface area (TPSA) is 24.9 Å². The van der Waals surface area contributed by atoms with Crippen molar-refractivity contribution < 1.29 is 0 Å². The molecule has 2 nitrogen and oxygen atoms in total. The second kappa shape index (κ2) is 5.45. The van der Waals surface area contributed by atoms with Gasteiger partial charge in [0.25, 0.3) is 0 Å². The monoisotopic (exact) mass is 194 g/mol. The molecule has 0 saturated heterocycles. The van der Waals surface area contributed by atoms with Crippen LogP contribution in [0.5, 0.6) is 0 Å². The summed E-state index contributed by atoms with van der Waals surface area (Å²) in [6.07, 6.45) is 2.52. The van der Waals surface area contributed by atoms with Gasteiger partial charge in [0, 0.05) is 24.8 Å². The number of halogens is 1. The molecule has 0 atom stereocenters. The van der Waals surface area contributed by atoms with Gasteiger partial charge in [0.2, 0.25) is 0 Å². The average molecular weight is 195 g/mol. The highest BCUT2D eigenvalue weighted by molar-refractivity contribution is 6.29. The molecule has 0 fully saturated rings. The van der Waals surface area contributed by atoms with Gasteiger partial charge in [0.1, 0.15) is 5.15 Å². The first-order valence-electron chi connectivity index (χ1n) is 4.08. The molecule has 0 spiro atoms. The quantitative estimate of drug-likeness (QED) is 0.455. The van der Waals surface area contributed by atoms with Crippen molar-refractivity contribution in [1.29, 1.82) is 0 Å². The Bertz CT molecular complexity index is 325. The molecule has 0 bridgehead atoms. The lowest BCUT2D eigenvalue weighted by Gasteiger charge is -2.02. The van der Waals surface area contributed by atoms with Crippen LogP contribution in [0.4, 0.5) is 5.69 Å². The predicted octanol–water partition coefficient (Wildman–Crippen LogP) is 2.56. The minimum absolute atomic E-state index is 0.506.